The predicted molar refractivity (Wildman–Crippen MR) is 99.3 cm³/mol. The number of thioether (sulfide) groups is 1. The van der Waals surface area contributed by atoms with Crippen LogP contribution in [-0.2, 0) is 11.2 Å². The molecule has 2 unspecified atom stereocenters. The molecule has 4 nitrogen and oxygen atoms in total. The summed E-state index contributed by atoms with van der Waals surface area (Å²) in [5.41, 5.74) is 2.04. The zero-order valence-electron chi connectivity index (χ0n) is 13.7. The summed E-state index contributed by atoms with van der Waals surface area (Å²) in [6.45, 7) is 2.21. The molecule has 24 heavy (non-hydrogen) atoms. The van der Waals surface area contributed by atoms with Gasteiger partial charge in [0.25, 0.3) is 0 Å². The molecule has 0 spiro atoms. The van der Waals surface area contributed by atoms with Gasteiger partial charge >= 0.3 is 0 Å². The van der Waals surface area contributed by atoms with Crippen molar-refractivity contribution in [2.24, 2.45) is 10.9 Å². The van der Waals surface area contributed by atoms with Crippen LogP contribution in [-0.4, -0.2) is 28.0 Å². The second kappa shape index (κ2) is 7.71. The number of phenolic OH excluding ortho intramolecular Hbond substituents is 1. The van der Waals surface area contributed by atoms with E-state index in [-0.39, 0.29) is 24.1 Å². The van der Waals surface area contributed by atoms with E-state index in [1.165, 1.54) is 12.0 Å². The summed E-state index contributed by atoms with van der Waals surface area (Å²) < 4.78 is 0. The number of hydrogen-bond donors (Lipinski definition) is 2. The number of nitrogens with zero attached hydrogens (tertiary/aromatic N) is 1. The normalized spacial score (nSPS) is 22.9. The van der Waals surface area contributed by atoms with Crippen LogP contribution in [0.15, 0.2) is 53.1 Å². The average Bonchev–Trinajstić information content (AvgIpc) is 3.03. The second-order valence-corrected chi connectivity index (χ2v) is 7.13. The van der Waals surface area contributed by atoms with E-state index < -0.39 is 0 Å². The molecular weight excluding hydrogens is 320 g/mol. The lowest BCUT2D eigenvalue weighted by Gasteiger charge is -2.16. The number of amidine groups is 1. The molecule has 3 rings (SSSR count). The zero-order valence-corrected chi connectivity index (χ0v) is 14.6. The molecule has 2 aliphatic rings. The average molecular weight is 342 g/mol. The van der Waals surface area contributed by atoms with Crippen molar-refractivity contribution < 1.29 is 9.90 Å². The predicted octanol–water partition coefficient (Wildman–Crippen LogP) is 3.43. The fraction of sp³-hybridized carbons (Fsp3) is 0.368. The van der Waals surface area contributed by atoms with Crippen LogP contribution in [0.25, 0.3) is 0 Å². The molecule has 0 saturated carbocycles. The maximum absolute atomic E-state index is 12.1. The molecule has 1 aromatic rings. The highest BCUT2D eigenvalue weighted by Gasteiger charge is 2.23. The SMILES string of the molecule is CCC1C=CC(C2CSC(NC(=O)Cc3cccc(O)c3)=N2)=CC1. The highest BCUT2D eigenvalue weighted by molar-refractivity contribution is 8.14. The Morgan fingerprint density at radius 1 is 1.46 bits per heavy atom. The molecule has 0 fully saturated rings. The minimum Gasteiger partial charge on any atom is -0.508 e. The highest BCUT2D eigenvalue weighted by Crippen LogP contribution is 2.28. The number of benzene rings is 1. The molecule has 1 aromatic carbocycles. The Morgan fingerprint density at radius 2 is 2.33 bits per heavy atom. The van der Waals surface area contributed by atoms with Crippen molar-refractivity contribution in [2.45, 2.75) is 32.2 Å². The van der Waals surface area contributed by atoms with E-state index in [2.05, 4.69) is 35.5 Å². The van der Waals surface area contributed by atoms with Crippen LogP contribution in [0.2, 0.25) is 0 Å². The first kappa shape index (κ1) is 16.8. The van der Waals surface area contributed by atoms with E-state index in [0.717, 1.165) is 17.7 Å². The van der Waals surface area contributed by atoms with Gasteiger partial charge in [-0.2, -0.15) is 0 Å². The molecular formula is C19H22N2O2S. The molecule has 0 bridgehead atoms. The molecule has 1 amide bonds. The second-order valence-electron chi connectivity index (χ2n) is 6.12. The smallest absolute Gasteiger partial charge is 0.230 e. The molecule has 1 aliphatic heterocycles. The Hall–Kier alpha value is -2.01. The minimum atomic E-state index is -0.105. The van der Waals surface area contributed by atoms with Gasteiger partial charge in [-0.05, 0) is 42.0 Å². The summed E-state index contributed by atoms with van der Waals surface area (Å²) in [6.07, 6.45) is 9.22. The number of rotatable bonds is 4. The van der Waals surface area contributed by atoms with Crippen molar-refractivity contribution in [1.82, 2.24) is 5.32 Å². The largest absolute Gasteiger partial charge is 0.508 e. The van der Waals surface area contributed by atoms with Gasteiger partial charge in [-0.15, -0.1) is 0 Å². The lowest BCUT2D eigenvalue weighted by atomic mass is 9.92. The maximum atomic E-state index is 12.1. The van der Waals surface area contributed by atoms with Gasteiger partial charge < -0.3 is 10.4 Å². The number of allylic oxidation sites excluding steroid dienone is 2. The number of aromatic hydroxyl groups is 1. The van der Waals surface area contributed by atoms with Crippen molar-refractivity contribution in [2.75, 3.05) is 5.75 Å². The fourth-order valence-corrected chi connectivity index (χ4v) is 3.83. The molecule has 2 N–H and O–H groups in total. The standard InChI is InChI=1S/C19H22N2O2S/c1-2-13-6-8-15(9-7-13)17-12-24-19(20-17)21-18(23)11-14-4-3-5-16(22)10-14/h3-6,8-10,13,17,22H,2,7,11-12H2,1H3,(H,20,21,23). The summed E-state index contributed by atoms with van der Waals surface area (Å²) in [4.78, 5) is 16.8. The lowest BCUT2D eigenvalue weighted by Crippen LogP contribution is -2.28. The Labute approximate surface area is 146 Å². The van der Waals surface area contributed by atoms with Crippen LogP contribution in [0, 0.1) is 5.92 Å². The number of phenols is 1. The summed E-state index contributed by atoms with van der Waals surface area (Å²) in [6, 6.07) is 6.90. The van der Waals surface area contributed by atoms with Crippen LogP contribution in [0.3, 0.4) is 0 Å². The van der Waals surface area contributed by atoms with Crippen molar-refractivity contribution in [3.05, 3.63) is 53.6 Å². The van der Waals surface area contributed by atoms with E-state index >= 15 is 0 Å². The van der Waals surface area contributed by atoms with E-state index in [4.69, 9.17) is 0 Å². The van der Waals surface area contributed by atoms with Gasteiger partial charge in [0.05, 0.1) is 12.5 Å². The van der Waals surface area contributed by atoms with Crippen molar-refractivity contribution in [3.63, 3.8) is 0 Å². The molecule has 0 radical (unpaired) electrons. The quantitative estimate of drug-likeness (QED) is 0.881. The number of hydrogen-bond acceptors (Lipinski definition) is 4. The van der Waals surface area contributed by atoms with E-state index in [9.17, 15) is 9.90 Å². The molecule has 0 aromatic heterocycles. The summed E-state index contributed by atoms with van der Waals surface area (Å²) in [7, 11) is 0. The van der Waals surface area contributed by atoms with Gasteiger partial charge in [-0.25, -0.2) is 0 Å². The molecule has 1 aliphatic carbocycles. The molecule has 2 atom stereocenters. The third-order valence-corrected chi connectivity index (χ3v) is 5.26. The molecule has 1 heterocycles. The van der Waals surface area contributed by atoms with Crippen LogP contribution < -0.4 is 5.32 Å². The Morgan fingerprint density at radius 3 is 3.04 bits per heavy atom. The Bertz CT molecular complexity index is 709. The van der Waals surface area contributed by atoms with Crippen molar-refractivity contribution in [1.29, 1.82) is 0 Å². The van der Waals surface area contributed by atoms with Gasteiger partial charge in [0.15, 0.2) is 5.17 Å². The van der Waals surface area contributed by atoms with Crippen LogP contribution in [0.5, 0.6) is 5.75 Å². The van der Waals surface area contributed by atoms with Gasteiger partial charge in [0.1, 0.15) is 5.75 Å². The van der Waals surface area contributed by atoms with Crippen molar-refractivity contribution in [3.8, 4) is 5.75 Å². The topological polar surface area (TPSA) is 61.7 Å². The number of carbonyl (C=O) groups is 1. The number of amides is 1. The Kier molecular flexibility index (Phi) is 5.41. The summed E-state index contributed by atoms with van der Waals surface area (Å²) in [5.74, 6) is 1.59. The molecule has 5 heteroatoms. The highest BCUT2D eigenvalue weighted by atomic mass is 32.2. The number of carbonyl (C=O) groups excluding carboxylic acids is 1. The lowest BCUT2D eigenvalue weighted by molar-refractivity contribution is -0.119. The van der Waals surface area contributed by atoms with E-state index in [1.54, 1.807) is 30.0 Å². The fourth-order valence-electron chi connectivity index (χ4n) is 2.86. The molecule has 126 valence electrons. The third-order valence-electron chi connectivity index (χ3n) is 4.30. The van der Waals surface area contributed by atoms with Crippen LogP contribution in [0.4, 0.5) is 0 Å². The zero-order chi connectivity index (χ0) is 16.9. The first-order valence-corrected chi connectivity index (χ1v) is 9.29. The summed E-state index contributed by atoms with van der Waals surface area (Å²) >= 11 is 1.59. The number of nitrogens with one attached hydrogen (secondary N) is 1. The molecule has 0 saturated heterocycles. The first-order valence-electron chi connectivity index (χ1n) is 8.30. The minimum absolute atomic E-state index is 0.105. The van der Waals surface area contributed by atoms with Gasteiger partial charge in [-0.3, -0.25) is 9.79 Å². The number of aliphatic imine (C=N–C) groups is 1. The van der Waals surface area contributed by atoms with Crippen molar-refractivity contribution >= 4 is 22.8 Å². The van der Waals surface area contributed by atoms with Gasteiger partial charge in [0.2, 0.25) is 5.91 Å². The summed E-state index contributed by atoms with van der Waals surface area (Å²) in [5, 5.41) is 13.0. The monoisotopic (exact) mass is 342 g/mol. The van der Waals surface area contributed by atoms with Gasteiger partial charge in [-0.1, -0.05) is 49.0 Å². The van der Waals surface area contributed by atoms with E-state index in [0.29, 0.717) is 11.1 Å². The third kappa shape index (κ3) is 4.29. The van der Waals surface area contributed by atoms with E-state index in [1.807, 2.05) is 6.07 Å². The van der Waals surface area contributed by atoms with Crippen LogP contribution >= 0.6 is 11.8 Å². The van der Waals surface area contributed by atoms with Gasteiger partial charge in [0, 0.05) is 5.75 Å². The maximum Gasteiger partial charge on any atom is 0.230 e. The van der Waals surface area contributed by atoms with Crippen LogP contribution in [0.1, 0.15) is 25.3 Å². The first-order chi connectivity index (χ1) is 11.6. The Balaban J connectivity index is 1.56.